The third-order valence-corrected chi connectivity index (χ3v) is 4.11. The van der Waals surface area contributed by atoms with Crippen LogP contribution in [0.2, 0.25) is 0 Å². The molecule has 0 radical (unpaired) electrons. The average molecular weight is 292 g/mol. The lowest BCUT2D eigenvalue weighted by atomic mass is 9.98. The van der Waals surface area contributed by atoms with E-state index < -0.39 is 0 Å². The molecule has 0 atom stereocenters. The topological polar surface area (TPSA) is 34.9 Å². The Balaban J connectivity index is 2.36. The molecule has 0 saturated heterocycles. The molecule has 0 aliphatic rings. The van der Waals surface area contributed by atoms with Crippen molar-refractivity contribution >= 4 is 10.9 Å². The molecule has 0 aliphatic carbocycles. The van der Waals surface area contributed by atoms with Gasteiger partial charge in [0, 0.05) is 17.1 Å². The Bertz CT molecular complexity index is 850. The first-order valence-corrected chi connectivity index (χ1v) is 7.78. The van der Waals surface area contributed by atoms with Crippen LogP contribution < -0.4 is 5.56 Å². The maximum absolute atomic E-state index is 12.9. The van der Waals surface area contributed by atoms with Crippen LogP contribution in [0.5, 0.6) is 0 Å². The van der Waals surface area contributed by atoms with Crippen molar-refractivity contribution in [3.8, 4) is 5.82 Å². The molecule has 22 heavy (non-hydrogen) atoms. The summed E-state index contributed by atoms with van der Waals surface area (Å²) >= 11 is 0. The maximum atomic E-state index is 12.9. The van der Waals surface area contributed by atoms with Crippen molar-refractivity contribution in [2.75, 3.05) is 0 Å². The summed E-state index contributed by atoms with van der Waals surface area (Å²) < 4.78 is 1.72. The Morgan fingerprint density at radius 3 is 2.59 bits per heavy atom. The number of benzene rings is 1. The van der Waals surface area contributed by atoms with Crippen molar-refractivity contribution in [3.63, 3.8) is 0 Å². The van der Waals surface area contributed by atoms with Gasteiger partial charge in [0.05, 0.1) is 5.52 Å². The van der Waals surface area contributed by atoms with Gasteiger partial charge >= 0.3 is 0 Å². The first-order chi connectivity index (χ1) is 10.7. The summed E-state index contributed by atoms with van der Waals surface area (Å²) in [6, 6.07) is 13.7. The molecular formula is C19H20N2O. The number of unbranched alkanes of at least 4 members (excludes halogenated alkanes) is 1. The quantitative estimate of drug-likeness (QED) is 0.727. The lowest BCUT2D eigenvalue weighted by Crippen LogP contribution is -2.24. The van der Waals surface area contributed by atoms with Crippen LogP contribution in [-0.2, 0) is 6.42 Å². The fourth-order valence-electron chi connectivity index (χ4n) is 2.92. The van der Waals surface area contributed by atoms with Crippen LogP contribution in [0.4, 0.5) is 0 Å². The molecule has 3 heteroatoms. The molecule has 0 aliphatic heterocycles. The maximum Gasteiger partial charge on any atom is 0.259 e. The number of aromatic nitrogens is 2. The highest BCUT2D eigenvalue weighted by Crippen LogP contribution is 2.23. The van der Waals surface area contributed by atoms with Crippen LogP contribution in [0.15, 0.2) is 53.5 Å². The van der Waals surface area contributed by atoms with Gasteiger partial charge in [-0.3, -0.25) is 9.36 Å². The van der Waals surface area contributed by atoms with E-state index in [1.165, 1.54) is 5.56 Å². The first-order valence-electron chi connectivity index (χ1n) is 7.78. The van der Waals surface area contributed by atoms with Gasteiger partial charge in [0.1, 0.15) is 5.82 Å². The number of aryl methyl sites for hydroxylation is 1. The van der Waals surface area contributed by atoms with Gasteiger partial charge in [0.15, 0.2) is 0 Å². The van der Waals surface area contributed by atoms with Gasteiger partial charge in [-0.2, -0.15) is 0 Å². The fourth-order valence-corrected chi connectivity index (χ4v) is 2.92. The Morgan fingerprint density at radius 2 is 1.86 bits per heavy atom. The number of hydrogen-bond acceptors (Lipinski definition) is 2. The number of hydrogen-bond donors (Lipinski definition) is 0. The van der Waals surface area contributed by atoms with Gasteiger partial charge in [-0.1, -0.05) is 37.6 Å². The van der Waals surface area contributed by atoms with E-state index in [2.05, 4.69) is 18.0 Å². The standard InChI is InChI=1S/C19H20N2O/c1-3-4-9-15-14(2)19(22)21(18-12-7-8-13-20-18)17-11-6-5-10-16(15)17/h5-8,10-13H,3-4,9H2,1-2H3. The number of para-hydroxylation sites is 1. The molecule has 0 bridgehead atoms. The van der Waals surface area contributed by atoms with Crippen LogP contribution in [0.3, 0.4) is 0 Å². The van der Waals surface area contributed by atoms with Crippen LogP contribution in [0.25, 0.3) is 16.7 Å². The molecule has 0 saturated carbocycles. The van der Waals surface area contributed by atoms with Crippen molar-refractivity contribution in [1.29, 1.82) is 0 Å². The summed E-state index contributed by atoms with van der Waals surface area (Å²) in [6.07, 6.45) is 4.88. The Labute approximate surface area is 130 Å². The average Bonchev–Trinajstić information content (AvgIpc) is 2.56. The van der Waals surface area contributed by atoms with Gasteiger partial charge in [0.25, 0.3) is 5.56 Å². The van der Waals surface area contributed by atoms with E-state index in [9.17, 15) is 4.79 Å². The molecule has 3 aromatic rings. The number of pyridine rings is 2. The summed E-state index contributed by atoms with van der Waals surface area (Å²) in [7, 11) is 0. The van der Waals surface area contributed by atoms with E-state index in [0.717, 1.165) is 35.7 Å². The minimum atomic E-state index is 0.0310. The first kappa shape index (κ1) is 14.5. The van der Waals surface area contributed by atoms with E-state index in [4.69, 9.17) is 0 Å². The lowest BCUT2D eigenvalue weighted by Gasteiger charge is -2.15. The zero-order valence-electron chi connectivity index (χ0n) is 13.0. The summed E-state index contributed by atoms with van der Waals surface area (Å²) in [5.74, 6) is 0.675. The highest BCUT2D eigenvalue weighted by molar-refractivity contribution is 5.84. The van der Waals surface area contributed by atoms with Gasteiger partial charge in [-0.25, -0.2) is 4.98 Å². The Morgan fingerprint density at radius 1 is 1.09 bits per heavy atom. The van der Waals surface area contributed by atoms with E-state index >= 15 is 0 Å². The second-order valence-electron chi connectivity index (χ2n) is 5.55. The van der Waals surface area contributed by atoms with E-state index in [1.807, 2.05) is 43.3 Å². The number of nitrogens with zero attached hydrogens (tertiary/aromatic N) is 2. The third-order valence-electron chi connectivity index (χ3n) is 4.11. The molecule has 3 nitrogen and oxygen atoms in total. The monoisotopic (exact) mass is 292 g/mol. The summed E-state index contributed by atoms with van der Waals surface area (Å²) in [5, 5.41) is 1.15. The summed E-state index contributed by atoms with van der Waals surface area (Å²) in [5.41, 5.74) is 2.97. The van der Waals surface area contributed by atoms with Crippen LogP contribution >= 0.6 is 0 Å². The van der Waals surface area contributed by atoms with Crippen molar-refractivity contribution < 1.29 is 0 Å². The smallest absolute Gasteiger partial charge is 0.259 e. The molecule has 112 valence electrons. The summed E-state index contributed by atoms with van der Waals surface area (Å²) in [6.45, 7) is 4.10. The van der Waals surface area contributed by atoms with Crippen molar-refractivity contribution in [1.82, 2.24) is 9.55 Å². The molecule has 2 aromatic heterocycles. The SMILES string of the molecule is CCCCc1c(C)c(=O)n(-c2ccccn2)c2ccccc12. The fraction of sp³-hybridized carbons (Fsp3) is 0.263. The van der Waals surface area contributed by atoms with Crippen molar-refractivity contribution in [3.05, 3.63) is 70.1 Å². The Kier molecular flexibility index (Phi) is 4.05. The molecule has 0 N–H and O–H groups in total. The van der Waals surface area contributed by atoms with Crippen molar-refractivity contribution in [2.24, 2.45) is 0 Å². The lowest BCUT2D eigenvalue weighted by molar-refractivity contribution is 0.790. The molecule has 1 aromatic carbocycles. The van der Waals surface area contributed by atoms with Gasteiger partial charge in [0.2, 0.25) is 0 Å². The molecule has 3 rings (SSSR count). The van der Waals surface area contributed by atoms with Crippen LogP contribution in [0.1, 0.15) is 30.9 Å². The summed E-state index contributed by atoms with van der Waals surface area (Å²) in [4.78, 5) is 17.2. The minimum Gasteiger partial charge on any atom is -0.269 e. The van der Waals surface area contributed by atoms with Gasteiger partial charge in [-0.15, -0.1) is 0 Å². The molecule has 2 heterocycles. The number of fused-ring (bicyclic) bond motifs is 1. The Hall–Kier alpha value is -2.42. The van der Waals surface area contributed by atoms with Crippen LogP contribution in [-0.4, -0.2) is 9.55 Å². The molecule has 0 amide bonds. The second kappa shape index (κ2) is 6.14. The van der Waals surface area contributed by atoms with Crippen molar-refractivity contribution in [2.45, 2.75) is 33.1 Å². The highest BCUT2D eigenvalue weighted by atomic mass is 16.1. The van der Waals surface area contributed by atoms with Crippen LogP contribution in [0, 0.1) is 6.92 Å². The zero-order chi connectivity index (χ0) is 15.5. The predicted octanol–water partition coefficient (Wildman–Crippen LogP) is 4.04. The van der Waals surface area contributed by atoms with E-state index in [0.29, 0.717) is 5.82 Å². The minimum absolute atomic E-state index is 0.0310. The van der Waals surface area contributed by atoms with Gasteiger partial charge < -0.3 is 0 Å². The molecule has 0 spiro atoms. The third kappa shape index (κ3) is 2.43. The predicted molar refractivity (Wildman–Crippen MR) is 90.7 cm³/mol. The van der Waals surface area contributed by atoms with E-state index in [-0.39, 0.29) is 5.56 Å². The molecular weight excluding hydrogens is 272 g/mol. The molecule has 0 unspecified atom stereocenters. The number of rotatable bonds is 4. The molecule has 0 fully saturated rings. The second-order valence-corrected chi connectivity index (χ2v) is 5.55. The van der Waals surface area contributed by atoms with Gasteiger partial charge in [-0.05, 0) is 43.5 Å². The highest BCUT2D eigenvalue weighted by Gasteiger charge is 2.14. The van der Waals surface area contributed by atoms with E-state index in [1.54, 1.807) is 10.8 Å². The zero-order valence-corrected chi connectivity index (χ0v) is 13.0. The normalized spacial score (nSPS) is 11.0. The largest absolute Gasteiger partial charge is 0.269 e.